The van der Waals surface area contributed by atoms with Crippen molar-refractivity contribution in [3.8, 4) is 0 Å². The topological polar surface area (TPSA) is 6.25 Å². The number of anilines is 1. The normalized spacial score (nSPS) is 22.9. The molecule has 0 bridgehead atoms. The summed E-state index contributed by atoms with van der Waals surface area (Å²) in [4.78, 5) is 2.56. The lowest BCUT2D eigenvalue weighted by molar-refractivity contribution is -0.441. The monoisotopic (exact) mass is 487 g/mol. The van der Waals surface area contributed by atoms with Gasteiger partial charge in [-0.15, -0.1) is 0 Å². The van der Waals surface area contributed by atoms with Crippen molar-refractivity contribution in [1.82, 2.24) is 0 Å². The van der Waals surface area contributed by atoms with Gasteiger partial charge in [0.25, 0.3) is 0 Å². The second kappa shape index (κ2) is 9.17. The summed E-state index contributed by atoms with van der Waals surface area (Å²) in [5.74, 6) is 0. The van der Waals surface area contributed by atoms with E-state index in [2.05, 4.69) is 128 Å². The first-order chi connectivity index (χ1) is 17.9. The first-order valence-electron chi connectivity index (χ1n) is 14.0. The van der Waals surface area contributed by atoms with E-state index in [4.69, 9.17) is 0 Å². The molecule has 4 aliphatic heterocycles. The molecule has 0 atom stereocenters. The van der Waals surface area contributed by atoms with Crippen LogP contribution in [0.2, 0.25) is 0 Å². The molecule has 0 saturated heterocycles. The number of allylic oxidation sites excluding steroid dienone is 10. The zero-order valence-corrected chi connectivity index (χ0v) is 22.8. The van der Waals surface area contributed by atoms with E-state index in [9.17, 15) is 0 Å². The Bertz CT molecular complexity index is 1420. The van der Waals surface area contributed by atoms with Crippen LogP contribution in [0, 0.1) is 0 Å². The van der Waals surface area contributed by atoms with Crippen molar-refractivity contribution < 1.29 is 4.58 Å². The molecule has 37 heavy (non-hydrogen) atoms. The van der Waals surface area contributed by atoms with Gasteiger partial charge in [0.05, 0.1) is 5.41 Å². The molecular formula is C35H39N2+. The number of nitrogens with zero attached hydrogens (tertiary/aromatic N) is 2. The fourth-order valence-corrected chi connectivity index (χ4v) is 7.21. The molecule has 2 nitrogen and oxygen atoms in total. The van der Waals surface area contributed by atoms with Gasteiger partial charge in [-0.3, -0.25) is 0 Å². The van der Waals surface area contributed by atoms with Gasteiger partial charge < -0.3 is 4.90 Å². The third-order valence-electron chi connectivity index (χ3n) is 8.76. The number of hydrogen-bond donors (Lipinski definition) is 0. The Labute approximate surface area is 222 Å². The Morgan fingerprint density at radius 3 is 2.35 bits per heavy atom. The Kier molecular flexibility index (Phi) is 5.94. The molecule has 4 heterocycles. The standard InChI is InChI=1S/C35H39N2/c1-34(2)28-20-10-12-22-30(28)36-24-14-18-26(32(34)36)16-8-6-5-7-9-17-27-19-15-25-37-31-23-13-11-21-29(31)35(3,4)33(27)37/h5-13,16-17,20-23H,14-15,18-19,24-25H2,1-4H3/q+1. The molecule has 0 aliphatic carbocycles. The molecule has 188 valence electrons. The van der Waals surface area contributed by atoms with Gasteiger partial charge in [-0.2, -0.15) is 4.58 Å². The highest BCUT2D eigenvalue weighted by molar-refractivity contribution is 6.07. The molecule has 6 rings (SSSR count). The van der Waals surface area contributed by atoms with Crippen molar-refractivity contribution in [3.63, 3.8) is 0 Å². The molecule has 0 fully saturated rings. The molecule has 0 saturated carbocycles. The molecule has 2 aromatic carbocycles. The first kappa shape index (κ1) is 24.0. The summed E-state index contributed by atoms with van der Waals surface area (Å²) in [6.07, 6.45) is 20.3. The Morgan fingerprint density at radius 1 is 0.757 bits per heavy atom. The Morgan fingerprint density at radius 2 is 1.49 bits per heavy atom. The van der Waals surface area contributed by atoms with Crippen molar-refractivity contribution in [3.05, 3.63) is 119 Å². The van der Waals surface area contributed by atoms with Crippen molar-refractivity contribution >= 4 is 17.1 Å². The van der Waals surface area contributed by atoms with Gasteiger partial charge in [-0.25, -0.2) is 0 Å². The highest BCUT2D eigenvalue weighted by Gasteiger charge is 2.48. The van der Waals surface area contributed by atoms with Crippen LogP contribution in [0.3, 0.4) is 0 Å². The summed E-state index contributed by atoms with van der Waals surface area (Å²) < 4.78 is 2.56. The van der Waals surface area contributed by atoms with E-state index in [-0.39, 0.29) is 10.8 Å². The summed E-state index contributed by atoms with van der Waals surface area (Å²) in [6.45, 7) is 11.8. The molecule has 2 heteroatoms. The smallest absolute Gasteiger partial charge is 0.209 e. The van der Waals surface area contributed by atoms with Crippen molar-refractivity contribution in [2.75, 3.05) is 18.0 Å². The number of hydrogen-bond acceptors (Lipinski definition) is 1. The first-order valence-corrected chi connectivity index (χ1v) is 14.0. The van der Waals surface area contributed by atoms with Crippen LogP contribution in [0.15, 0.2) is 108 Å². The minimum absolute atomic E-state index is 0.0612. The summed E-state index contributed by atoms with van der Waals surface area (Å²) >= 11 is 0. The summed E-state index contributed by atoms with van der Waals surface area (Å²) in [7, 11) is 0. The van der Waals surface area contributed by atoms with Gasteiger partial charge in [-0.1, -0.05) is 92.8 Å². The number of benzene rings is 2. The SMILES string of the molecule is CC1(C)C2=C(/C=C/C=C/C=C/C=C3\CCC[N+]4=C3C(C)(C)c3ccccc34)CCCN2c2ccccc21. The quantitative estimate of drug-likeness (QED) is 0.310. The number of para-hydroxylation sites is 2. The van der Waals surface area contributed by atoms with Crippen LogP contribution in [0.25, 0.3) is 0 Å². The predicted molar refractivity (Wildman–Crippen MR) is 157 cm³/mol. The van der Waals surface area contributed by atoms with E-state index in [0.717, 1.165) is 25.9 Å². The maximum absolute atomic E-state index is 2.56. The molecular weight excluding hydrogens is 448 g/mol. The third kappa shape index (κ3) is 3.89. The van der Waals surface area contributed by atoms with E-state index in [1.807, 2.05) is 0 Å². The third-order valence-corrected chi connectivity index (χ3v) is 8.76. The van der Waals surface area contributed by atoms with E-state index in [1.54, 1.807) is 0 Å². The van der Waals surface area contributed by atoms with E-state index in [0.29, 0.717) is 0 Å². The van der Waals surface area contributed by atoms with E-state index >= 15 is 0 Å². The predicted octanol–water partition coefficient (Wildman–Crippen LogP) is 8.30. The highest BCUT2D eigenvalue weighted by Crippen LogP contribution is 2.51. The summed E-state index contributed by atoms with van der Waals surface area (Å²) in [5.41, 5.74) is 11.8. The molecule has 0 spiro atoms. The second-order valence-corrected chi connectivity index (χ2v) is 11.8. The zero-order valence-electron chi connectivity index (χ0n) is 22.8. The van der Waals surface area contributed by atoms with Gasteiger partial charge in [0.1, 0.15) is 6.54 Å². The highest BCUT2D eigenvalue weighted by atomic mass is 15.2. The second-order valence-electron chi connectivity index (χ2n) is 11.8. The average molecular weight is 488 g/mol. The Hall–Kier alpha value is -3.39. The van der Waals surface area contributed by atoms with Gasteiger partial charge in [0.15, 0.2) is 5.71 Å². The van der Waals surface area contributed by atoms with Gasteiger partial charge in [0.2, 0.25) is 5.69 Å². The lowest BCUT2D eigenvalue weighted by Crippen LogP contribution is -2.33. The zero-order chi connectivity index (χ0) is 25.6. The number of rotatable bonds is 4. The number of fused-ring (bicyclic) bond motifs is 5. The molecule has 4 aliphatic rings. The molecule has 0 radical (unpaired) electrons. The van der Waals surface area contributed by atoms with Crippen LogP contribution in [0.5, 0.6) is 0 Å². The molecule has 0 unspecified atom stereocenters. The van der Waals surface area contributed by atoms with Crippen LogP contribution in [0.1, 0.15) is 64.5 Å². The summed E-state index contributed by atoms with van der Waals surface area (Å²) in [6, 6.07) is 17.9. The largest absolute Gasteiger partial charge is 0.344 e. The van der Waals surface area contributed by atoms with Crippen LogP contribution in [0.4, 0.5) is 11.4 Å². The molecule has 0 aromatic heterocycles. The van der Waals surface area contributed by atoms with E-state index in [1.165, 1.54) is 57.9 Å². The average Bonchev–Trinajstić information content (AvgIpc) is 3.29. The van der Waals surface area contributed by atoms with Crippen molar-refractivity contribution in [1.29, 1.82) is 0 Å². The van der Waals surface area contributed by atoms with Crippen LogP contribution in [-0.2, 0) is 10.8 Å². The lowest BCUT2D eigenvalue weighted by Gasteiger charge is -2.33. The van der Waals surface area contributed by atoms with Gasteiger partial charge in [0, 0.05) is 47.0 Å². The van der Waals surface area contributed by atoms with Gasteiger partial charge in [-0.05, 0) is 50.3 Å². The fourth-order valence-electron chi connectivity index (χ4n) is 7.21. The minimum atomic E-state index is 0.0612. The van der Waals surface area contributed by atoms with Crippen LogP contribution >= 0.6 is 0 Å². The molecule has 0 N–H and O–H groups in total. The Balaban J connectivity index is 1.19. The van der Waals surface area contributed by atoms with Crippen molar-refractivity contribution in [2.24, 2.45) is 0 Å². The van der Waals surface area contributed by atoms with E-state index < -0.39 is 0 Å². The van der Waals surface area contributed by atoms with Gasteiger partial charge >= 0.3 is 0 Å². The maximum atomic E-state index is 2.56. The lowest BCUT2D eigenvalue weighted by atomic mass is 9.77. The molecule has 0 amide bonds. The maximum Gasteiger partial charge on any atom is 0.209 e. The summed E-state index contributed by atoms with van der Waals surface area (Å²) in [5, 5.41) is 0. The molecule has 2 aromatic rings. The minimum Gasteiger partial charge on any atom is -0.344 e. The van der Waals surface area contributed by atoms with Crippen LogP contribution < -0.4 is 4.90 Å². The van der Waals surface area contributed by atoms with Crippen LogP contribution in [-0.4, -0.2) is 23.4 Å². The fraction of sp³-hybridized carbons (Fsp3) is 0.343. The van der Waals surface area contributed by atoms with Crippen molar-refractivity contribution in [2.45, 2.75) is 64.2 Å².